The predicted octanol–water partition coefficient (Wildman–Crippen LogP) is 5.41. The zero-order valence-electron chi connectivity index (χ0n) is 14.2. The first kappa shape index (κ1) is 18.0. The van der Waals surface area contributed by atoms with E-state index in [1.807, 2.05) is 18.2 Å². The van der Waals surface area contributed by atoms with E-state index in [1.54, 1.807) is 0 Å². The van der Waals surface area contributed by atoms with Crippen LogP contribution in [0, 0.1) is 5.92 Å². The number of guanidine groups is 1. The number of anilines is 1. The second-order valence-corrected chi connectivity index (χ2v) is 7.96. The third-order valence-corrected chi connectivity index (χ3v) is 5.79. The van der Waals surface area contributed by atoms with Crippen molar-refractivity contribution in [3.63, 3.8) is 0 Å². The number of rotatable bonds is 3. The highest BCUT2D eigenvalue weighted by Gasteiger charge is 2.40. The summed E-state index contributed by atoms with van der Waals surface area (Å²) in [5.74, 6) is 1.88. The zero-order chi connectivity index (χ0) is 17.0. The van der Waals surface area contributed by atoms with Gasteiger partial charge in [0.25, 0.3) is 0 Å². The van der Waals surface area contributed by atoms with Crippen molar-refractivity contribution in [1.29, 1.82) is 0 Å². The van der Waals surface area contributed by atoms with E-state index in [0.29, 0.717) is 0 Å². The Morgan fingerprint density at radius 1 is 1.00 bits per heavy atom. The standard InChI is InChI=1S/C20H19Cl2N3.ClH/c21-15-5-3-14(4-6-15)19-17-8-7-16(22)11-18(17)25(12-13-1-2-13)20-23-9-10-24(19)20;/h3-8,11,13,19H,1-2,9-10,12H2;1H. The Labute approximate surface area is 170 Å². The maximum Gasteiger partial charge on any atom is 0.202 e. The van der Waals surface area contributed by atoms with Crippen molar-refractivity contribution in [3.8, 4) is 0 Å². The minimum absolute atomic E-state index is 0. The van der Waals surface area contributed by atoms with Gasteiger partial charge >= 0.3 is 0 Å². The maximum atomic E-state index is 6.35. The predicted molar refractivity (Wildman–Crippen MR) is 111 cm³/mol. The molecule has 2 aromatic rings. The van der Waals surface area contributed by atoms with E-state index in [4.69, 9.17) is 28.2 Å². The van der Waals surface area contributed by atoms with Gasteiger partial charge in [-0.3, -0.25) is 4.99 Å². The number of aliphatic imine (C=N–C) groups is 1. The van der Waals surface area contributed by atoms with Gasteiger partial charge in [-0.05, 0) is 48.6 Å². The van der Waals surface area contributed by atoms with Crippen molar-refractivity contribution in [3.05, 3.63) is 63.6 Å². The molecule has 0 N–H and O–H groups in total. The van der Waals surface area contributed by atoms with Crippen LogP contribution < -0.4 is 4.90 Å². The molecule has 2 aliphatic heterocycles. The number of hydrogen-bond donors (Lipinski definition) is 0. The van der Waals surface area contributed by atoms with Gasteiger partial charge in [-0.2, -0.15) is 0 Å². The molecule has 26 heavy (non-hydrogen) atoms. The van der Waals surface area contributed by atoms with Gasteiger partial charge in [0.1, 0.15) is 0 Å². The van der Waals surface area contributed by atoms with Crippen LogP contribution in [0.2, 0.25) is 10.0 Å². The normalized spacial score (nSPS) is 21.0. The molecule has 1 saturated carbocycles. The SMILES string of the molecule is Cl.Clc1ccc(C2c3ccc(Cl)cc3N(CC3CC3)C3=NCCN32)cc1. The van der Waals surface area contributed by atoms with Crippen LogP contribution in [0.1, 0.15) is 30.0 Å². The van der Waals surface area contributed by atoms with Crippen molar-refractivity contribution in [2.75, 3.05) is 24.5 Å². The molecule has 1 atom stereocenters. The van der Waals surface area contributed by atoms with E-state index in [2.05, 4.69) is 34.1 Å². The smallest absolute Gasteiger partial charge is 0.202 e. The Hall–Kier alpha value is -1.42. The molecule has 136 valence electrons. The fourth-order valence-corrected chi connectivity index (χ4v) is 4.23. The Morgan fingerprint density at radius 3 is 2.46 bits per heavy atom. The second-order valence-electron chi connectivity index (χ2n) is 7.09. The average Bonchev–Trinajstić information content (AvgIpc) is 3.30. The maximum absolute atomic E-state index is 6.35. The Balaban J connectivity index is 0.00000168. The molecule has 0 aromatic heterocycles. The average molecular weight is 409 g/mol. The van der Waals surface area contributed by atoms with Crippen LogP contribution in [0.15, 0.2) is 47.5 Å². The minimum atomic E-state index is 0. The van der Waals surface area contributed by atoms with Crippen LogP contribution >= 0.6 is 35.6 Å². The van der Waals surface area contributed by atoms with Gasteiger partial charge in [-0.15, -0.1) is 12.4 Å². The summed E-state index contributed by atoms with van der Waals surface area (Å²) in [6, 6.07) is 14.6. The number of benzene rings is 2. The van der Waals surface area contributed by atoms with Gasteiger partial charge in [0.2, 0.25) is 5.96 Å². The second kappa shape index (κ2) is 6.95. The molecule has 6 heteroatoms. The molecule has 0 radical (unpaired) electrons. The summed E-state index contributed by atoms with van der Waals surface area (Å²) in [5, 5.41) is 1.54. The molecule has 0 amide bonds. The van der Waals surface area contributed by atoms with Crippen LogP contribution in [0.4, 0.5) is 5.69 Å². The fourth-order valence-electron chi connectivity index (χ4n) is 3.93. The molecule has 1 unspecified atom stereocenters. The van der Waals surface area contributed by atoms with Crippen molar-refractivity contribution in [2.45, 2.75) is 18.9 Å². The van der Waals surface area contributed by atoms with Gasteiger partial charge in [0.15, 0.2) is 0 Å². The fraction of sp³-hybridized carbons (Fsp3) is 0.350. The van der Waals surface area contributed by atoms with Gasteiger partial charge < -0.3 is 9.80 Å². The lowest BCUT2D eigenvalue weighted by atomic mass is 9.93. The largest absolute Gasteiger partial charge is 0.329 e. The number of fused-ring (bicyclic) bond motifs is 2. The van der Waals surface area contributed by atoms with Crippen LogP contribution in [-0.4, -0.2) is 30.5 Å². The third kappa shape index (κ3) is 3.06. The van der Waals surface area contributed by atoms with Gasteiger partial charge in [-0.1, -0.05) is 41.4 Å². The van der Waals surface area contributed by atoms with E-state index >= 15 is 0 Å². The van der Waals surface area contributed by atoms with E-state index in [1.165, 1.54) is 29.7 Å². The molecule has 0 bridgehead atoms. The third-order valence-electron chi connectivity index (χ3n) is 5.31. The van der Waals surface area contributed by atoms with Crippen LogP contribution in [-0.2, 0) is 0 Å². The molecule has 1 aliphatic carbocycles. The van der Waals surface area contributed by atoms with Gasteiger partial charge in [-0.25, -0.2) is 0 Å². The summed E-state index contributed by atoms with van der Waals surface area (Å²) in [6.45, 7) is 2.84. The summed E-state index contributed by atoms with van der Waals surface area (Å²) >= 11 is 12.5. The Bertz CT molecular complexity index is 846. The minimum Gasteiger partial charge on any atom is -0.329 e. The van der Waals surface area contributed by atoms with E-state index in [-0.39, 0.29) is 18.4 Å². The lowest BCUT2D eigenvalue weighted by Crippen LogP contribution is -2.49. The quantitative estimate of drug-likeness (QED) is 0.676. The molecule has 0 saturated heterocycles. The summed E-state index contributed by atoms with van der Waals surface area (Å²) < 4.78 is 0. The molecule has 1 fully saturated rings. The van der Waals surface area contributed by atoms with Crippen molar-refractivity contribution in [2.24, 2.45) is 10.9 Å². The van der Waals surface area contributed by atoms with Crippen molar-refractivity contribution < 1.29 is 0 Å². The zero-order valence-corrected chi connectivity index (χ0v) is 16.6. The molecule has 3 nitrogen and oxygen atoms in total. The van der Waals surface area contributed by atoms with E-state index in [9.17, 15) is 0 Å². The topological polar surface area (TPSA) is 18.8 Å². The van der Waals surface area contributed by atoms with E-state index < -0.39 is 0 Å². The molecule has 0 spiro atoms. The Kier molecular flexibility index (Phi) is 4.81. The van der Waals surface area contributed by atoms with Crippen molar-refractivity contribution >= 4 is 47.3 Å². The first-order valence-electron chi connectivity index (χ1n) is 8.84. The molecule has 3 aliphatic rings. The summed E-state index contributed by atoms with van der Waals surface area (Å²) in [7, 11) is 0. The van der Waals surface area contributed by atoms with Crippen LogP contribution in [0.25, 0.3) is 0 Å². The lowest BCUT2D eigenvalue weighted by Gasteiger charge is -2.43. The van der Waals surface area contributed by atoms with E-state index in [0.717, 1.165) is 41.6 Å². The number of nitrogens with zero attached hydrogens (tertiary/aromatic N) is 3. The molecule has 2 heterocycles. The lowest BCUT2D eigenvalue weighted by molar-refractivity contribution is 0.372. The highest BCUT2D eigenvalue weighted by molar-refractivity contribution is 6.31. The molecular weight excluding hydrogens is 389 g/mol. The number of hydrogen-bond acceptors (Lipinski definition) is 3. The van der Waals surface area contributed by atoms with Gasteiger partial charge in [0, 0.05) is 28.7 Å². The van der Waals surface area contributed by atoms with Crippen molar-refractivity contribution in [1.82, 2.24) is 4.90 Å². The molecular formula is C20H20Cl3N3. The molecule has 2 aromatic carbocycles. The highest BCUT2D eigenvalue weighted by Crippen LogP contribution is 2.44. The van der Waals surface area contributed by atoms with Crippen LogP contribution in [0.5, 0.6) is 0 Å². The first-order valence-corrected chi connectivity index (χ1v) is 9.60. The summed E-state index contributed by atoms with van der Waals surface area (Å²) in [4.78, 5) is 9.66. The van der Waals surface area contributed by atoms with Gasteiger partial charge in [0.05, 0.1) is 18.3 Å². The monoisotopic (exact) mass is 407 g/mol. The van der Waals surface area contributed by atoms with Crippen LogP contribution in [0.3, 0.4) is 0 Å². The first-order chi connectivity index (χ1) is 12.2. The Morgan fingerprint density at radius 2 is 1.73 bits per heavy atom. The highest BCUT2D eigenvalue weighted by atomic mass is 35.5. The summed E-state index contributed by atoms with van der Waals surface area (Å²) in [6.07, 6.45) is 2.64. The number of halogens is 3. The molecule has 5 rings (SSSR count). The summed E-state index contributed by atoms with van der Waals surface area (Å²) in [5.41, 5.74) is 3.75.